The molecule has 0 spiro atoms. The minimum Gasteiger partial charge on any atom is -0.497 e. The Balaban J connectivity index is 1.65. The van der Waals surface area contributed by atoms with Crippen LogP contribution in [-0.2, 0) is 6.42 Å². The number of benzene rings is 1. The van der Waals surface area contributed by atoms with Gasteiger partial charge in [-0.1, -0.05) is 13.0 Å². The summed E-state index contributed by atoms with van der Waals surface area (Å²) in [4.78, 5) is 0. The maximum absolute atomic E-state index is 10.3. The second-order valence-corrected chi connectivity index (χ2v) is 8.45. The van der Waals surface area contributed by atoms with Gasteiger partial charge in [0.05, 0.1) is 13.2 Å². The van der Waals surface area contributed by atoms with Crippen LogP contribution in [0.25, 0.3) is 0 Å². The van der Waals surface area contributed by atoms with Gasteiger partial charge in [-0.2, -0.15) is 0 Å². The molecule has 4 rings (SSSR count). The number of fused-ring (bicyclic) bond motifs is 5. The summed E-state index contributed by atoms with van der Waals surface area (Å²) in [6, 6.07) is 6.73. The Labute approximate surface area is 140 Å². The van der Waals surface area contributed by atoms with Gasteiger partial charge < -0.3 is 9.84 Å². The van der Waals surface area contributed by atoms with Gasteiger partial charge in [0.1, 0.15) is 5.75 Å². The molecule has 2 fully saturated rings. The first-order valence-corrected chi connectivity index (χ1v) is 9.39. The van der Waals surface area contributed by atoms with Crippen molar-refractivity contribution in [1.29, 1.82) is 0 Å². The van der Waals surface area contributed by atoms with Crippen molar-refractivity contribution in [3.8, 4) is 5.75 Å². The van der Waals surface area contributed by atoms with Crippen LogP contribution in [0.2, 0.25) is 0 Å². The minimum atomic E-state index is -0.151. The Morgan fingerprint density at radius 3 is 2.78 bits per heavy atom. The zero-order valence-corrected chi connectivity index (χ0v) is 14.7. The van der Waals surface area contributed by atoms with Crippen LogP contribution >= 0.6 is 0 Å². The summed E-state index contributed by atoms with van der Waals surface area (Å²) in [6.07, 6.45) is 7.47. The fraction of sp³-hybridized carbons (Fsp3) is 0.714. The van der Waals surface area contributed by atoms with Gasteiger partial charge in [-0.05, 0) is 97.8 Å². The van der Waals surface area contributed by atoms with E-state index >= 15 is 0 Å². The summed E-state index contributed by atoms with van der Waals surface area (Å²) < 4.78 is 5.41. The van der Waals surface area contributed by atoms with E-state index in [0.717, 1.165) is 23.5 Å². The third-order valence-corrected chi connectivity index (χ3v) is 7.59. The summed E-state index contributed by atoms with van der Waals surface area (Å²) in [5.41, 5.74) is 3.46. The van der Waals surface area contributed by atoms with Crippen LogP contribution in [0.1, 0.15) is 63.0 Å². The number of rotatable bonds is 2. The molecular formula is C21H30O2. The average molecular weight is 314 g/mol. The molecule has 1 aromatic rings. The van der Waals surface area contributed by atoms with Gasteiger partial charge in [0.25, 0.3) is 0 Å². The molecule has 2 nitrogen and oxygen atoms in total. The van der Waals surface area contributed by atoms with Crippen molar-refractivity contribution in [3.05, 3.63) is 29.3 Å². The van der Waals surface area contributed by atoms with Gasteiger partial charge in [0.15, 0.2) is 0 Å². The van der Waals surface area contributed by atoms with Crippen LogP contribution < -0.4 is 4.74 Å². The van der Waals surface area contributed by atoms with E-state index < -0.39 is 0 Å². The minimum absolute atomic E-state index is 0.151. The second-order valence-electron chi connectivity index (χ2n) is 8.45. The van der Waals surface area contributed by atoms with Crippen molar-refractivity contribution in [2.24, 2.45) is 23.2 Å². The quantitative estimate of drug-likeness (QED) is 0.868. The molecule has 3 aliphatic rings. The standard InChI is InChI=1S/C21H30O2/c1-13(22)19-8-9-20-18-6-4-14-12-15(23-3)5-7-16(14)17(18)10-11-21(19,20)2/h5,7,12-13,17-20,22H,4,6,8-11H2,1-3H3/t13-,17+,18+,19+,20+,21+/m0/s1. The first-order valence-electron chi connectivity index (χ1n) is 9.39. The largest absolute Gasteiger partial charge is 0.497 e. The molecule has 0 aliphatic heterocycles. The zero-order valence-electron chi connectivity index (χ0n) is 14.7. The van der Waals surface area contributed by atoms with E-state index in [0.29, 0.717) is 11.3 Å². The molecule has 0 aromatic heterocycles. The molecule has 0 heterocycles. The maximum atomic E-state index is 10.3. The van der Waals surface area contributed by atoms with Crippen molar-refractivity contribution in [1.82, 2.24) is 0 Å². The number of aliphatic hydroxyl groups excluding tert-OH is 1. The topological polar surface area (TPSA) is 29.5 Å². The molecule has 2 saturated carbocycles. The molecule has 0 amide bonds. The molecule has 126 valence electrons. The first kappa shape index (κ1) is 15.5. The molecule has 1 N–H and O–H groups in total. The van der Waals surface area contributed by atoms with Crippen molar-refractivity contribution in [2.75, 3.05) is 7.11 Å². The van der Waals surface area contributed by atoms with E-state index in [4.69, 9.17) is 4.74 Å². The van der Waals surface area contributed by atoms with Gasteiger partial charge in [-0.3, -0.25) is 0 Å². The van der Waals surface area contributed by atoms with E-state index in [-0.39, 0.29) is 6.10 Å². The van der Waals surface area contributed by atoms with E-state index in [2.05, 4.69) is 25.1 Å². The highest BCUT2D eigenvalue weighted by Crippen LogP contribution is 2.63. The van der Waals surface area contributed by atoms with Crippen molar-refractivity contribution < 1.29 is 9.84 Å². The highest BCUT2D eigenvalue weighted by Gasteiger charge is 2.55. The Kier molecular flexibility index (Phi) is 3.72. The monoisotopic (exact) mass is 314 g/mol. The zero-order chi connectivity index (χ0) is 16.2. The molecule has 6 atom stereocenters. The molecule has 1 aromatic carbocycles. The van der Waals surface area contributed by atoms with E-state index in [1.54, 1.807) is 12.7 Å². The van der Waals surface area contributed by atoms with Crippen LogP contribution in [0.5, 0.6) is 5.75 Å². The molecule has 3 aliphatic carbocycles. The Bertz CT molecular complexity index is 594. The molecule has 0 bridgehead atoms. The molecule has 0 radical (unpaired) electrons. The van der Waals surface area contributed by atoms with Crippen molar-refractivity contribution in [2.45, 2.75) is 64.4 Å². The summed E-state index contributed by atoms with van der Waals surface area (Å²) in [7, 11) is 1.76. The van der Waals surface area contributed by atoms with Crippen LogP contribution in [-0.4, -0.2) is 18.3 Å². The van der Waals surface area contributed by atoms with Gasteiger partial charge in [-0.15, -0.1) is 0 Å². The lowest BCUT2D eigenvalue weighted by Gasteiger charge is -2.51. The maximum Gasteiger partial charge on any atom is 0.119 e. The molecule has 23 heavy (non-hydrogen) atoms. The number of aliphatic hydroxyl groups is 1. The van der Waals surface area contributed by atoms with Crippen LogP contribution in [0, 0.1) is 23.2 Å². The van der Waals surface area contributed by atoms with Gasteiger partial charge in [0.2, 0.25) is 0 Å². The molecular weight excluding hydrogens is 284 g/mol. The van der Waals surface area contributed by atoms with Crippen molar-refractivity contribution >= 4 is 0 Å². The number of methoxy groups -OCH3 is 1. The Hall–Kier alpha value is -1.02. The Morgan fingerprint density at radius 2 is 2.04 bits per heavy atom. The predicted molar refractivity (Wildman–Crippen MR) is 92.8 cm³/mol. The van der Waals surface area contributed by atoms with Crippen molar-refractivity contribution in [3.63, 3.8) is 0 Å². The molecule has 0 saturated heterocycles. The first-order chi connectivity index (χ1) is 11.0. The van der Waals surface area contributed by atoms with E-state index in [9.17, 15) is 5.11 Å². The number of hydrogen-bond acceptors (Lipinski definition) is 2. The van der Waals surface area contributed by atoms with Crippen LogP contribution in [0.3, 0.4) is 0 Å². The van der Waals surface area contributed by atoms with Gasteiger partial charge in [0, 0.05) is 0 Å². The lowest BCUT2D eigenvalue weighted by atomic mass is 9.54. The Morgan fingerprint density at radius 1 is 1.22 bits per heavy atom. The van der Waals surface area contributed by atoms with Gasteiger partial charge in [-0.25, -0.2) is 0 Å². The summed E-state index contributed by atoms with van der Waals surface area (Å²) in [6.45, 7) is 4.48. The average Bonchev–Trinajstić information content (AvgIpc) is 2.91. The third-order valence-electron chi connectivity index (χ3n) is 7.59. The lowest BCUT2D eigenvalue weighted by Crippen LogP contribution is -2.44. The lowest BCUT2D eigenvalue weighted by molar-refractivity contribution is -0.0180. The number of ether oxygens (including phenoxy) is 1. The molecule has 2 heteroatoms. The molecule has 0 unspecified atom stereocenters. The normalized spacial score (nSPS) is 40.0. The third kappa shape index (κ3) is 2.25. The van der Waals surface area contributed by atoms with Crippen LogP contribution in [0.4, 0.5) is 0 Å². The van der Waals surface area contributed by atoms with Crippen LogP contribution in [0.15, 0.2) is 18.2 Å². The highest BCUT2D eigenvalue weighted by molar-refractivity contribution is 5.40. The highest BCUT2D eigenvalue weighted by atomic mass is 16.5. The summed E-state index contributed by atoms with van der Waals surface area (Å²) >= 11 is 0. The van der Waals surface area contributed by atoms with E-state index in [1.807, 2.05) is 6.92 Å². The SMILES string of the molecule is COc1ccc2c(c1)CC[C@@H]1[C@@H]2CC[C@@]2(C)[C@@H]1CC[C@@H]2[C@H](C)O. The number of hydrogen-bond donors (Lipinski definition) is 1. The smallest absolute Gasteiger partial charge is 0.119 e. The fourth-order valence-electron chi connectivity index (χ4n) is 6.52. The second kappa shape index (κ2) is 5.51. The number of aryl methyl sites for hydroxylation is 1. The summed E-state index contributed by atoms with van der Waals surface area (Å²) in [5, 5.41) is 10.3. The predicted octanol–water partition coefficient (Wildman–Crippen LogP) is 4.55. The fourth-order valence-corrected chi connectivity index (χ4v) is 6.52. The van der Waals surface area contributed by atoms with E-state index in [1.165, 1.54) is 44.1 Å². The van der Waals surface area contributed by atoms with Gasteiger partial charge >= 0.3 is 0 Å². The summed E-state index contributed by atoms with van der Waals surface area (Å²) in [5.74, 6) is 3.86.